The van der Waals surface area contributed by atoms with Crippen LogP contribution in [-0.2, 0) is 21.6 Å². The lowest BCUT2D eigenvalue weighted by molar-refractivity contribution is -0.946. The zero-order chi connectivity index (χ0) is 36.1. The predicted octanol–water partition coefficient (Wildman–Crippen LogP) is 5.45. The van der Waals surface area contributed by atoms with Crippen molar-refractivity contribution < 1.29 is 38.8 Å². The van der Waals surface area contributed by atoms with Crippen LogP contribution in [0.1, 0.15) is 74.7 Å². The zero-order valence-electron chi connectivity index (χ0n) is 30.5. The van der Waals surface area contributed by atoms with Gasteiger partial charge in [-0.25, -0.2) is 0 Å². The van der Waals surface area contributed by atoms with Gasteiger partial charge in [-0.2, -0.15) is 0 Å². The monoisotopic (exact) mass is 714 g/mol. The number of ether oxygens (including phenoxy) is 3. The van der Waals surface area contributed by atoms with Gasteiger partial charge in [0.1, 0.15) is 35.5 Å². The van der Waals surface area contributed by atoms with Crippen molar-refractivity contribution in [1.82, 2.24) is 5.32 Å². The number of carbonyl (C=O) groups is 1. The van der Waals surface area contributed by atoms with Gasteiger partial charge in [0.05, 0.1) is 44.6 Å². The van der Waals surface area contributed by atoms with Crippen LogP contribution in [-0.4, -0.2) is 90.4 Å². The molecular formula is C42H56N3O7+. The number of nitrogens with zero attached hydrogens (tertiary/aromatic N) is 1. The fraction of sp³-hybridized carbons (Fsp3) is 0.548. The molecule has 52 heavy (non-hydrogen) atoms. The van der Waals surface area contributed by atoms with Gasteiger partial charge in [-0.1, -0.05) is 55.3 Å². The number of phenolic OH excluding ortho intramolecular Hbond substituents is 1. The number of anilines is 1. The van der Waals surface area contributed by atoms with Gasteiger partial charge >= 0.3 is 0 Å². The second-order valence-corrected chi connectivity index (χ2v) is 15.8. The third-order valence-corrected chi connectivity index (χ3v) is 12.1. The fourth-order valence-corrected chi connectivity index (χ4v) is 9.15. The van der Waals surface area contributed by atoms with Crippen molar-refractivity contribution >= 4 is 11.6 Å². The highest BCUT2D eigenvalue weighted by atomic mass is 16.5. The predicted molar refractivity (Wildman–Crippen MR) is 199 cm³/mol. The molecule has 1 amide bonds. The van der Waals surface area contributed by atoms with Crippen molar-refractivity contribution in [2.45, 2.75) is 82.1 Å². The molecule has 5 aliphatic rings. The van der Waals surface area contributed by atoms with E-state index in [-0.39, 0.29) is 42.9 Å². The van der Waals surface area contributed by atoms with Crippen LogP contribution in [0.15, 0.2) is 66.7 Å². The molecule has 4 heterocycles. The Morgan fingerprint density at radius 1 is 1.04 bits per heavy atom. The molecule has 280 valence electrons. The lowest BCUT2D eigenvalue weighted by Gasteiger charge is -2.53. The van der Waals surface area contributed by atoms with Gasteiger partial charge in [0, 0.05) is 49.4 Å². The maximum atomic E-state index is 12.0. The number of phenols is 1. The van der Waals surface area contributed by atoms with E-state index in [1.807, 2.05) is 30.3 Å². The van der Waals surface area contributed by atoms with E-state index in [1.165, 1.54) is 50.9 Å². The Kier molecular flexibility index (Phi) is 11.4. The van der Waals surface area contributed by atoms with Crippen LogP contribution < -0.4 is 20.1 Å². The number of nitrogens with one attached hydrogen (secondary N) is 2. The molecule has 1 unspecified atom stereocenters. The third-order valence-electron chi connectivity index (χ3n) is 12.1. The van der Waals surface area contributed by atoms with Gasteiger partial charge in [0.25, 0.3) is 5.91 Å². The van der Waals surface area contributed by atoms with Crippen LogP contribution >= 0.6 is 0 Å². The molecule has 5 N–H and O–H groups in total. The molecule has 0 spiro atoms. The standard InChI is InChI=1S/C42H55N3O7/c1-29(43-25-38(47)36-23-34(46)24-37-41(36)51-27-40(48)44-37)22-30-12-14-35(15-13-30)50-21-7-18-45-19-16-31(17-20-45)39(26-45)52-28-42(49,33-10-5-6-11-33)32-8-3-2-4-9-32/h2-4,8-9,12-15,23-24,29,31,33,38-39,43,47,49H,5-7,10-11,16-22,25-28H2,1H3,(H-,44,46,48)/p+1/t29-,31?,38-,39-,42?,45?/m0/s1. The normalized spacial score (nSPS) is 25.1. The Balaban J connectivity index is 0.847. The maximum Gasteiger partial charge on any atom is 0.262 e. The number of carbonyl (C=O) groups excluding carboxylic acids is 1. The highest BCUT2D eigenvalue weighted by Crippen LogP contribution is 2.43. The molecule has 1 aliphatic carbocycles. The summed E-state index contributed by atoms with van der Waals surface area (Å²) in [6.45, 7) is 7.78. The van der Waals surface area contributed by atoms with Crippen LogP contribution in [0.3, 0.4) is 0 Å². The number of amides is 1. The number of fused-ring (bicyclic) bond motifs is 4. The Morgan fingerprint density at radius 3 is 2.54 bits per heavy atom. The van der Waals surface area contributed by atoms with Crippen molar-refractivity contribution in [3.8, 4) is 17.2 Å². The number of benzene rings is 3. The van der Waals surface area contributed by atoms with E-state index >= 15 is 0 Å². The van der Waals surface area contributed by atoms with Gasteiger partial charge < -0.3 is 44.6 Å². The largest absolute Gasteiger partial charge is 0.508 e. The van der Waals surface area contributed by atoms with Gasteiger partial charge in [0.2, 0.25) is 0 Å². The molecule has 3 aromatic carbocycles. The summed E-state index contributed by atoms with van der Waals surface area (Å²) in [5.41, 5.74) is 2.04. The molecule has 3 aromatic rings. The van der Waals surface area contributed by atoms with Crippen molar-refractivity contribution in [1.29, 1.82) is 0 Å². The lowest BCUT2D eigenvalue weighted by Crippen LogP contribution is -2.65. The molecule has 10 nitrogen and oxygen atoms in total. The summed E-state index contributed by atoms with van der Waals surface area (Å²) in [7, 11) is 0. The molecule has 4 aliphatic heterocycles. The highest BCUT2D eigenvalue weighted by molar-refractivity contribution is 5.96. The van der Waals surface area contributed by atoms with Crippen molar-refractivity contribution in [3.63, 3.8) is 0 Å². The minimum atomic E-state index is -0.921. The van der Waals surface area contributed by atoms with E-state index in [0.717, 1.165) is 60.1 Å². The number of piperidine rings is 3. The molecule has 3 saturated heterocycles. The Bertz CT molecular complexity index is 1640. The summed E-state index contributed by atoms with van der Waals surface area (Å²) in [5, 5.41) is 39.1. The van der Waals surface area contributed by atoms with Crippen molar-refractivity contribution in [2.75, 3.05) is 57.9 Å². The van der Waals surface area contributed by atoms with Gasteiger partial charge in [0.15, 0.2) is 6.61 Å². The number of rotatable bonds is 16. The van der Waals surface area contributed by atoms with Gasteiger partial charge in [-0.3, -0.25) is 4.79 Å². The third kappa shape index (κ3) is 8.42. The SMILES string of the molecule is C[C@@H](Cc1ccc(OCCC[N+]23CCC(CC2)[C@@H](OCC(O)(c2ccccc2)C2CCCC2)C3)cc1)NC[C@H](O)c1cc(O)cc2c1OCC(=O)N2. The summed E-state index contributed by atoms with van der Waals surface area (Å²) in [6.07, 6.45) is 7.92. The Hall–Kier alpha value is -3.67. The zero-order valence-corrected chi connectivity index (χ0v) is 30.5. The molecule has 4 fully saturated rings. The summed E-state index contributed by atoms with van der Waals surface area (Å²) in [4.78, 5) is 11.7. The molecule has 0 radical (unpaired) electrons. The van der Waals surface area contributed by atoms with E-state index in [2.05, 4.69) is 41.8 Å². The van der Waals surface area contributed by atoms with E-state index in [9.17, 15) is 20.1 Å². The van der Waals surface area contributed by atoms with Crippen LogP contribution in [0.4, 0.5) is 5.69 Å². The van der Waals surface area contributed by atoms with Crippen LogP contribution in [0, 0.1) is 11.8 Å². The highest BCUT2D eigenvalue weighted by Gasteiger charge is 2.48. The first-order valence-corrected chi connectivity index (χ1v) is 19.4. The summed E-state index contributed by atoms with van der Waals surface area (Å²) >= 11 is 0. The first-order valence-electron chi connectivity index (χ1n) is 19.4. The summed E-state index contributed by atoms with van der Waals surface area (Å²) in [5.74, 6) is 1.76. The van der Waals surface area contributed by atoms with E-state index in [1.54, 1.807) is 0 Å². The van der Waals surface area contributed by atoms with Crippen molar-refractivity contribution in [3.05, 3.63) is 83.4 Å². The Morgan fingerprint density at radius 2 is 1.79 bits per heavy atom. The summed E-state index contributed by atoms with van der Waals surface area (Å²) < 4.78 is 19.6. The van der Waals surface area contributed by atoms with Gasteiger partial charge in [-0.15, -0.1) is 0 Å². The topological polar surface area (TPSA) is 130 Å². The second-order valence-electron chi connectivity index (χ2n) is 15.8. The number of aliphatic hydroxyl groups excluding tert-OH is 1. The molecule has 8 rings (SSSR count). The van der Waals surface area contributed by atoms with Crippen LogP contribution in [0.2, 0.25) is 0 Å². The smallest absolute Gasteiger partial charge is 0.262 e. The molecule has 1 saturated carbocycles. The lowest BCUT2D eigenvalue weighted by atomic mass is 9.80. The van der Waals surface area contributed by atoms with E-state index < -0.39 is 11.7 Å². The quantitative estimate of drug-likeness (QED) is 0.0980. The minimum Gasteiger partial charge on any atom is -0.508 e. The number of hydrogen-bond acceptors (Lipinski definition) is 8. The Labute approximate surface area is 307 Å². The van der Waals surface area contributed by atoms with Crippen molar-refractivity contribution in [2.24, 2.45) is 11.8 Å². The maximum absolute atomic E-state index is 12.0. The molecule has 2 bridgehead atoms. The first-order chi connectivity index (χ1) is 25.2. The molecule has 0 aromatic heterocycles. The number of aliphatic hydroxyl groups is 2. The summed E-state index contributed by atoms with van der Waals surface area (Å²) in [6, 6.07) is 21.4. The average Bonchev–Trinajstić information content (AvgIpc) is 3.72. The number of aromatic hydroxyl groups is 1. The van der Waals surface area contributed by atoms with E-state index in [4.69, 9.17) is 14.2 Å². The molecular weight excluding hydrogens is 658 g/mol. The first kappa shape index (κ1) is 36.7. The molecule has 10 heteroatoms. The number of hydrogen-bond donors (Lipinski definition) is 5. The minimum absolute atomic E-state index is 0.0455. The van der Waals surface area contributed by atoms with Crippen LogP contribution in [0.5, 0.6) is 17.2 Å². The fourth-order valence-electron chi connectivity index (χ4n) is 9.15. The van der Waals surface area contributed by atoms with Gasteiger partial charge in [-0.05, 0) is 61.4 Å². The van der Waals surface area contributed by atoms with E-state index in [0.29, 0.717) is 36.1 Å². The average molecular weight is 715 g/mol. The molecule has 4 atom stereocenters. The number of quaternary nitrogens is 1. The van der Waals surface area contributed by atoms with Crippen LogP contribution in [0.25, 0.3) is 0 Å². The second kappa shape index (κ2) is 16.1.